The van der Waals surface area contributed by atoms with Crippen molar-refractivity contribution in [3.63, 3.8) is 0 Å². The summed E-state index contributed by atoms with van der Waals surface area (Å²) in [4.78, 5) is 29.3. The van der Waals surface area contributed by atoms with E-state index in [1.165, 1.54) is 0 Å². The molecule has 3 rings (SSSR count). The van der Waals surface area contributed by atoms with E-state index < -0.39 is 17.2 Å². The predicted molar refractivity (Wildman–Crippen MR) is 116 cm³/mol. The number of carbonyl (C=O) groups excluding carboxylic acids is 2. The zero-order valence-electron chi connectivity index (χ0n) is 19.0. The first-order chi connectivity index (χ1) is 13.9. The number of rotatable bonds is 3. The largest absolute Gasteiger partial charge is 0.444 e. The Morgan fingerprint density at radius 1 is 1.10 bits per heavy atom. The third-order valence-electron chi connectivity index (χ3n) is 5.39. The van der Waals surface area contributed by atoms with Crippen molar-refractivity contribution >= 4 is 22.9 Å². The van der Waals surface area contributed by atoms with Gasteiger partial charge < -0.3 is 15.0 Å². The third-order valence-corrected chi connectivity index (χ3v) is 5.39. The Morgan fingerprint density at radius 3 is 2.43 bits per heavy atom. The van der Waals surface area contributed by atoms with Crippen LogP contribution in [0.1, 0.15) is 40.3 Å². The molecule has 2 aromatic rings. The van der Waals surface area contributed by atoms with Gasteiger partial charge in [0.2, 0.25) is 5.91 Å². The molecule has 1 aromatic carbocycles. The van der Waals surface area contributed by atoms with Gasteiger partial charge in [0.1, 0.15) is 11.6 Å². The molecule has 0 bridgehead atoms. The molecule has 0 radical (unpaired) electrons. The van der Waals surface area contributed by atoms with Gasteiger partial charge in [-0.15, -0.1) is 0 Å². The molecule has 1 aliphatic rings. The van der Waals surface area contributed by atoms with Gasteiger partial charge in [-0.1, -0.05) is 18.2 Å². The number of piperazine rings is 1. The van der Waals surface area contributed by atoms with E-state index in [1.54, 1.807) is 4.90 Å². The van der Waals surface area contributed by atoms with Gasteiger partial charge in [0, 0.05) is 32.1 Å². The first-order valence-electron chi connectivity index (χ1n) is 10.3. The van der Waals surface area contributed by atoms with Gasteiger partial charge in [-0.05, 0) is 47.7 Å². The maximum Gasteiger partial charge on any atom is 0.410 e. The van der Waals surface area contributed by atoms with Crippen LogP contribution in [0, 0.1) is 0 Å². The normalized spacial score (nSPS) is 18.5. The van der Waals surface area contributed by atoms with Gasteiger partial charge in [0.15, 0.2) is 0 Å². The number of nitrogens with zero attached hydrogens (tertiary/aromatic N) is 4. The Kier molecular flexibility index (Phi) is 5.82. The zero-order valence-corrected chi connectivity index (χ0v) is 19.0. The van der Waals surface area contributed by atoms with Gasteiger partial charge in [0.25, 0.3) is 0 Å². The van der Waals surface area contributed by atoms with E-state index in [1.807, 2.05) is 82.6 Å². The van der Waals surface area contributed by atoms with E-state index >= 15 is 0 Å². The molecule has 1 aromatic heterocycles. The average molecular weight is 416 g/mol. The Morgan fingerprint density at radius 2 is 1.77 bits per heavy atom. The number of likely N-dealkylation sites (N-methyl/N-ethyl adjacent to an activating group) is 1. The molecule has 2 heterocycles. The van der Waals surface area contributed by atoms with Crippen molar-refractivity contribution in [1.29, 1.82) is 0 Å². The lowest BCUT2D eigenvalue weighted by Crippen LogP contribution is -2.61. The summed E-state index contributed by atoms with van der Waals surface area (Å²) in [5.74, 6) is -0.134. The third kappa shape index (κ3) is 4.59. The molecule has 164 valence electrons. The van der Waals surface area contributed by atoms with E-state index in [0.717, 1.165) is 16.6 Å². The summed E-state index contributed by atoms with van der Waals surface area (Å²) in [7, 11) is 3.80. The Balaban J connectivity index is 1.77. The Hall–Kier alpha value is -2.61. The highest BCUT2D eigenvalue weighted by atomic mass is 16.6. The summed E-state index contributed by atoms with van der Waals surface area (Å²) in [6, 6.07) is 7.51. The molecule has 0 spiro atoms. The fourth-order valence-corrected chi connectivity index (χ4v) is 3.78. The van der Waals surface area contributed by atoms with Gasteiger partial charge in [-0.25, -0.2) is 4.79 Å². The van der Waals surface area contributed by atoms with E-state index in [-0.39, 0.29) is 18.5 Å². The summed E-state index contributed by atoms with van der Waals surface area (Å²) in [5, 5.41) is 8.83. The van der Waals surface area contributed by atoms with Crippen molar-refractivity contribution in [3.05, 3.63) is 30.0 Å². The molecule has 0 saturated carbocycles. The second kappa shape index (κ2) is 7.91. The Labute approximate surface area is 178 Å². The van der Waals surface area contributed by atoms with Crippen molar-refractivity contribution < 1.29 is 14.3 Å². The number of aromatic nitrogens is 2. The molecule has 1 N–H and O–H groups in total. The number of carbonyl (C=O) groups is 2. The van der Waals surface area contributed by atoms with Crippen LogP contribution in [0.25, 0.3) is 10.9 Å². The second-order valence-electron chi connectivity index (χ2n) is 9.53. The topological polar surface area (TPSA) is 79.7 Å². The number of benzene rings is 1. The van der Waals surface area contributed by atoms with Crippen molar-refractivity contribution in [2.45, 2.75) is 51.8 Å². The molecule has 1 saturated heterocycles. The van der Waals surface area contributed by atoms with Crippen molar-refractivity contribution in [2.75, 3.05) is 26.7 Å². The summed E-state index contributed by atoms with van der Waals surface area (Å²) in [6.45, 7) is 10.8. The molecular weight excluding hydrogens is 382 g/mol. The fraction of sp³-hybridized carbons (Fsp3) is 0.591. The Bertz CT molecular complexity index is 944. The lowest BCUT2D eigenvalue weighted by atomic mass is 9.96. The van der Waals surface area contributed by atoms with Crippen LogP contribution < -0.4 is 5.32 Å². The van der Waals surface area contributed by atoms with E-state index in [0.29, 0.717) is 13.1 Å². The number of nitrogens with one attached hydrogen (secondary N) is 1. The fourth-order valence-electron chi connectivity index (χ4n) is 3.78. The number of fused-ring (bicyclic) bond motifs is 1. The summed E-state index contributed by atoms with van der Waals surface area (Å²) in [6.07, 6.45) is -0.386. The molecule has 0 unspecified atom stereocenters. The highest BCUT2D eigenvalue weighted by molar-refractivity contribution is 5.86. The number of amides is 2. The number of para-hydroxylation sites is 1. The molecular formula is C22H33N5O3. The minimum Gasteiger partial charge on any atom is -0.444 e. The predicted octanol–water partition coefficient (Wildman–Crippen LogP) is 2.48. The minimum absolute atomic E-state index is 0.134. The standard InChI is InChI=1S/C22H33N5O3/c1-21(2,3)30-20(29)27-13-12-25(6)17(14-27)19(28)23-22(4,5)18-15-10-8-9-11-16(15)26(7)24-18/h8-11,17H,12-14H2,1-7H3,(H,23,28)/t17-/m0/s1. The molecule has 1 atom stereocenters. The molecule has 30 heavy (non-hydrogen) atoms. The molecule has 2 amide bonds. The van der Waals surface area contributed by atoms with Crippen molar-refractivity contribution in [2.24, 2.45) is 7.05 Å². The van der Waals surface area contributed by atoms with Crippen LogP contribution in [-0.4, -0.2) is 69.9 Å². The first kappa shape index (κ1) is 22.1. The monoisotopic (exact) mass is 415 g/mol. The van der Waals surface area contributed by atoms with Crippen LogP contribution in [0.4, 0.5) is 4.79 Å². The maximum absolute atomic E-state index is 13.2. The van der Waals surface area contributed by atoms with Gasteiger partial charge in [-0.2, -0.15) is 5.10 Å². The van der Waals surface area contributed by atoms with E-state index in [9.17, 15) is 9.59 Å². The number of aryl methyl sites for hydroxylation is 1. The lowest BCUT2D eigenvalue weighted by molar-refractivity contribution is -0.129. The number of hydrogen-bond acceptors (Lipinski definition) is 5. The highest BCUT2D eigenvalue weighted by Crippen LogP contribution is 2.28. The molecule has 8 nitrogen and oxygen atoms in total. The zero-order chi connectivity index (χ0) is 22.3. The SMILES string of the molecule is CN1CCN(C(=O)OC(C)(C)C)C[C@H]1C(=O)NC(C)(C)c1nn(C)c2ccccc12. The summed E-state index contributed by atoms with van der Waals surface area (Å²) < 4.78 is 7.31. The second-order valence-corrected chi connectivity index (χ2v) is 9.53. The van der Waals surface area contributed by atoms with Gasteiger partial charge in [0.05, 0.1) is 16.7 Å². The van der Waals surface area contributed by atoms with Gasteiger partial charge >= 0.3 is 6.09 Å². The lowest BCUT2D eigenvalue weighted by Gasteiger charge is -2.40. The quantitative estimate of drug-likeness (QED) is 0.833. The van der Waals surface area contributed by atoms with Crippen molar-refractivity contribution in [1.82, 2.24) is 24.9 Å². The molecule has 1 aliphatic heterocycles. The van der Waals surface area contributed by atoms with Crippen LogP contribution >= 0.6 is 0 Å². The van der Waals surface area contributed by atoms with E-state index in [2.05, 4.69) is 10.4 Å². The van der Waals surface area contributed by atoms with E-state index in [4.69, 9.17) is 4.74 Å². The smallest absolute Gasteiger partial charge is 0.410 e. The highest BCUT2D eigenvalue weighted by Gasteiger charge is 2.37. The first-order valence-corrected chi connectivity index (χ1v) is 10.3. The van der Waals surface area contributed by atoms with Crippen LogP contribution in [-0.2, 0) is 22.1 Å². The minimum atomic E-state index is -0.674. The average Bonchev–Trinajstić information content (AvgIpc) is 2.98. The van der Waals surface area contributed by atoms with Gasteiger partial charge in [-0.3, -0.25) is 14.4 Å². The molecule has 8 heteroatoms. The van der Waals surface area contributed by atoms with Crippen LogP contribution in [0.15, 0.2) is 24.3 Å². The molecule has 1 fully saturated rings. The molecule has 0 aliphatic carbocycles. The van der Waals surface area contributed by atoms with Crippen LogP contribution in [0.2, 0.25) is 0 Å². The number of hydrogen-bond donors (Lipinski definition) is 1. The van der Waals surface area contributed by atoms with Crippen molar-refractivity contribution in [3.8, 4) is 0 Å². The van der Waals surface area contributed by atoms with Crippen LogP contribution in [0.5, 0.6) is 0 Å². The summed E-state index contributed by atoms with van der Waals surface area (Å²) in [5.41, 5.74) is 0.588. The maximum atomic E-state index is 13.2. The summed E-state index contributed by atoms with van der Waals surface area (Å²) >= 11 is 0. The number of ether oxygens (including phenoxy) is 1. The van der Waals surface area contributed by atoms with Crippen LogP contribution in [0.3, 0.4) is 0 Å².